The first-order valence-corrected chi connectivity index (χ1v) is 13.0. The number of amides is 4. The lowest BCUT2D eigenvalue weighted by Gasteiger charge is -2.32. The van der Waals surface area contributed by atoms with Gasteiger partial charge in [-0.1, -0.05) is 72.8 Å². The molecular formula is C30H35N3O4. The first-order chi connectivity index (χ1) is 17.8. The highest BCUT2D eigenvalue weighted by Crippen LogP contribution is 2.35. The minimum atomic E-state index is -0.741. The molecule has 1 heterocycles. The zero-order chi connectivity index (χ0) is 26.4. The number of carbonyl (C=O) groups is 4. The normalized spacial score (nSPS) is 19.6. The fourth-order valence-corrected chi connectivity index (χ4v) is 5.16. The Kier molecular flexibility index (Phi) is 8.54. The van der Waals surface area contributed by atoms with E-state index in [9.17, 15) is 19.2 Å². The number of likely N-dealkylation sites (tertiary alicyclic amines) is 1. The van der Waals surface area contributed by atoms with Crippen molar-refractivity contribution in [1.82, 2.24) is 15.1 Å². The van der Waals surface area contributed by atoms with Crippen LogP contribution < -0.4 is 5.32 Å². The number of fused-ring (bicyclic) bond motifs is 1. The first-order valence-electron chi connectivity index (χ1n) is 13.0. The number of imide groups is 1. The second-order valence-corrected chi connectivity index (χ2v) is 10.1. The number of nitrogens with zero attached hydrogens (tertiary/aromatic N) is 2. The van der Waals surface area contributed by atoms with Crippen molar-refractivity contribution < 1.29 is 19.2 Å². The smallest absolute Gasteiger partial charge is 0.243 e. The maximum absolute atomic E-state index is 13.7. The average molecular weight is 502 g/mol. The van der Waals surface area contributed by atoms with E-state index in [1.807, 2.05) is 86.7 Å². The highest BCUT2D eigenvalue weighted by molar-refractivity contribution is 6.05. The molecule has 2 aromatic rings. The molecule has 1 N–H and O–H groups in total. The fourth-order valence-electron chi connectivity index (χ4n) is 5.16. The molecule has 1 aliphatic heterocycles. The fraction of sp³-hybridized carbons (Fsp3) is 0.400. The van der Waals surface area contributed by atoms with Gasteiger partial charge in [-0.25, -0.2) is 0 Å². The molecule has 2 aromatic carbocycles. The third kappa shape index (κ3) is 6.34. The van der Waals surface area contributed by atoms with Crippen molar-refractivity contribution >= 4 is 23.6 Å². The summed E-state index contributed by atoms with van der Waals surface area (Å²) in [5.74, 6) is -1.53. The van der Waals surface area contributed by atoms with E-state index >= 15 is 0 Å². The van der Waals surface area contributed by atoms with Crippen molar-refractivity contribution in [3.8, 4) is 0 Å². The Morgan fingerprint density at radius 2 is 1.43 bits per heavy atom. The molecule has 0 spiro atoms. The average Bonchev–Trinajstić information content (AvgIpc) is 3.14. The summed E-state index contributed by atoms with van der Waals surface area (Å²) in [5, 5.41) is 2.97. The Bertz CT molecular complexity index is 1120. The quantitative estimate of drug-likeness (QED) is 0.399. The number of rotatable bonds is 10. The van der Waals surface area contributed by atoms with E-state index in [2.05, 4.69) is 5.32 Å². The molecule has 4 rings (SSSR count). The van der Waals surface area contributed by atoms with Crippen molar-refractivity contribution in [2.75, 3.05) is 6.54 Å². The van der Waals surface area contributed by atoms with Crippen LogP contribution in [-0.2, 0) is 32.1 Å². The molecule has 0 radical (unpaired) electrons. The van der Waals surface area contributed by atoms with Gasteiger partial charge in [0.25, 0.3) is 0 Å². The molecule has 37 heavy (non-hydrogen) atoms. The lowest BCUT2D eigenvalue weighted by molar-refractivity contribution is -0.144. The van der Waals surface area contributed by atoms with Crippen LogP contribution in [0.5, 0.6) is 0 Å². The molecule has 0 unspecified atom stereocenters. The van der Waals surface area contributed by atoms with E-state index in [0.29, 0.717) is 19.3 Å². The molecule has 1 fully saturated rings. The van der Waals surface area contributed by atoms with E-state index < -0.39 is 6.04 Å². The van der Waals surface area contributed by atoms with Gasteiger partial charge in [-0.05, 0) is 37.8 Å². The summed E-state index contributed by atoms with van der Waals surface area (Å²) in [5.41, 5.74) is 1.84. The molecule has 1 saturated heterocycles. The van der Waals surface area contributed by atoms with Gasteiger partial charge in [0.2, 0.25) is 23.6 Å². The number of allylic oxidation sites excluding steroid dienone is 2. The van der Waals surface area contributed by atoms with Crippen LogP contribution in [0, 0.1) is 11.8 Å². The van der Waals surface area contributed by atoms with E-state index in [1.165, 1.54) is 4.90 Å². The summed E-state index contributed by atoms with van der Waals surface area (Å²) in [6.07, 6.45) is 5.35. The maximum Gasteiger partial charge on any atom is 0.243 e. The Morgan fingerprint density at radius 3 is 1.97 bits per heavy atom. The summed E-state index contributed by atoms with van der Waals surface area (Å²) in [6.45, 7) is 4.05. The summed E-state index contributed by atoms with van der Waals surface area (Å²) in [6, 6.07) is 18.3. The number of hydrogen-bond donors (Lipinski definition) is 1. The molecule has 0 bridgehead atoms. The van der Waals surface area contributed by atoms with Crippen molar-refractivity contribution in [3.63, 3.8) is 0 Å². The van der Waals surface area contributed by atoms with Crippen LogP contribution in [0.2, 0.25) is 0 Å². The number of hydrogen-bond acceptors (Lipinski definition) is 4. The van der Waals surface area contributed by atoms with Crippen LogP contribution in [0.4, 0.5) is 0 Å². The van der Waals surface area contributed by atoms with Crippen LogP contribution in [0.15, 0.2) is 72.8 Å². The zero-order valence-corrected chi connectivity index (χ0v) is 21.5. The molecule has 0 saturated carbocycles. The summed E-state index contributed by atoms with van der Waals surface area (Å²) in [7, 11) is 0. The van der Waals surface area contributed by atoms with Crippen molar-refractivity contribution in [2.45, 2.75) is 58.2 Å². The van der Waals surface area contributed by atoms with Gasteiger partial charge in [-0.2, -0.15) is 0 Å². The maximum atomic E-state index is 13.7. The summed E-state index contributed by atoms with van der Waals surface area (Å²) < 4.78 is 0. The van der Waals surface area contributed by atoms with E-state index in [-0.39, 0.29) is 61.0 Å². The topological polar surface area (TPSA) is 86.8 Å². The predicted octanol–water partition coefficient (Wildman–Crippen LogP) is 3.49. The SMILES string of the molecule is CC(C)NC(=O)[C@@H](Cc1ccccc1)N(Cc1ccccc1)C(=O)CCN1C(=O)[C@H]2CC=CC[C@H]2C1=O. The second kappa shape index (κ2) is 12.0. The van der Waals surface area contributed by atoms with E-state index in [4.69, 9.17) is 0 Å². The number of nitrogens with one attached hydrogen (secondary N) is 1. The van der Waals surface area contributed by atoms with Crippen LogP contribution in [-0.4, -0.2) is 52.1 Å². The molecule has 7 heteroatoms. The van der Waals surface area contributed by atoms with Gasteiger partial charge >= 0.3 is 0 Å². The van der Waals surface area contributed by atoms with Gasteiger partial charge in [0.1, 0.15) is 6.04 Å². The molecule has 4 amide bonds. The van der Waals surface area contributed by atoms with Crippen molar-refractivity contribution in [3.05, 3.63) is 83.9 Å². The predicted molar refractivity (Wildman–Crippen MR) is 141 cm³/mol. The molecule has 1 aliphatic carbocycles. The second-order valence-electron chi connectivity index (χ2n) is 10.1. The zero-order valence-electron chi connectivity index (χ0n) is 21.5. The largest absolute Gasteiger partial charge is 0.352 e. The van der Waals surface area contributed by atoms with Crippen LogP contribution in [0.3, 0.4) is 0 Å². The Hall–Kier alpha value is -3.74. The van der Waals surface area contributed by atoms with Gasteiger partial charge in [0.05, 0.1) is 11.8 Å². The van der Waals surface area contributed by atoms with E-state index in [1.54, 1.807) is 4.90 Å². The highest BCUT2D eigenvalue weighted by Gasteiger charge is 2.47. The first kappa shape index (κ1) is 26.3. The minimum absolute atomic E-state index is 0.0264. The lowest BCUT2D eigenvalue weighted by Crippen LogP contribution is -2.52. The monoisotopic (exact) mass is 501 g/mol. The van der Waals surface area contributed by atoms with Crippen molar-refractivity contribution in [2.24, 2.45) is 11.8 Å². The number of carbonyl (C=O) groups excluding carboxylic acids is 4. The standard InChI is InChI=1S/C30H35N3O4/c1-21(2)31-28(35)26(19-22-11-5-3-6-12-22)33(20-23-13-7-4-8-14-23)27(34)17-18-32-29(36)24-15-9-10-16-25(24)30(32)37/h3-14,21,24-26H,15-20H2,1-2H3,(H,31,35)/t24-,25+,26-/m1/s1. The van der Waals surface area contributed by atoms with Gasteiger partial charge in [0, 0.05) is 32.0 Å². The Balaban J connectivity index is 1.56. The minimum Gasteiger partial charge on any atom is -0.352 e. The van der Waals surface area contributed by atoms with Gasteiger partial charge in [0.15, 0.2) is 0 Å². The van der Waals surface area contributed by atoms with Gasteiger partial charge in [-0.15, -0.1) is 0 Å². The number of benzene rings is 2. The molecular weight excluding hydrogens is 466 g/mol. The Labute approximate surface area is 218 Å². The lowest BCUT2D eigenvalue weighted by atomic mass is 9.85. The summed E-state index contributed by atoms with van der Waals surface area (Å²) >= 11 is 0. The van der Waals surface area contributed by atoms with Crippen molar-refractivity contribution in [1.29, 1.82) is 0 Å². The van der Waals surface area contributed by atoms with Gasteiger partial charge in [-0.3, -0.25) is 24.1 Å². The van der Waals surface area contributed by atoms with Crippen LogP contribution in [0.25, 0.3) is 0 Å². The molecule has 0 aromatic heterocycles. The molecule has 194 valence electrons. The van der Waals surface area contributed by atoms with Crippen LogP contribution in [0.1, 0.15) is 44.2 Å². The van der Waals surface area contributed by atoms with Gasteiger partial charge < -0.3 is 10.2 Å². The third-order valence-corrected chi connectivity index (χ3v) is 7.05. The molecule has 2 aliphatic rings. The van der Waals surface area contributed by atoms with E-state index in [0.717, 1.165) is 11.1 Å². The highest BCUT2D eigenvalue weighted by atomic mass is 16.2. The Morgan fingerprint density at radius 1 is 0.892 bits per heavy atom. The third-order valence-electron chi connectivity index (χ3n) is 7.05. The summed E-state index contributed by atoms with van der Waals surface area (Å²) in [4.78, 5) is 55.8. The van der Waals surface area contributed by atoms with Crippen LogP contribution >= 0.6 is 0 Å². The molecule has 7 nitrogen and oxygen atoms in total. The molecule has 3 atom stereocenters.